The van der Waals surface area contributed by atoms with Gasteiger partial charge in [-0.3, -0.25) is 14.9 Å². The number of hydrogen-bond donors (Lipinski definition) is 1. The molecule has 5 aromatic rings. The summed E-state index contributed by atoms with van der Waals surface area (Å²) in [6.07, 6.45) is 0.187. The van der Waals surface area contributed by atoms with Crippen molar-refractivity contribution in [3.05, 3.63) is 113 Å². The van der Waals surface area contributed by atoms with E-state index in [1.807, 2.05) is 72.8 Å². The number of carbonyl (C=O) groups excluding carboxylic acids is 1. The molecule has 1 aromatic heterocycles. The van der Waals surface area contributed by atoms with Crippen molar-refractivity contribution in [3.8, 4) is 11.1 Å². The van der Waals surface area contributed by atoms with Gasteiger partial charge in [0.1, 0.15) is 5.58 Å². The largest absolute Gasteiger partial charge is 0.439 e. The highest BCUT2D eigenvalue weighted by Crippen LogP contribution is 2.33. The van der Waals surface area contributed by atoms with Gasteiger partial charge in [-0.2, -0.15) is 0 Å². The lowest BCUT2D eigenvalue weighted by Gasteiger charge is -2.13. The molecule has 1 N–H and O–H groups in total. The third kappa shape index (κ3) is 3.60. The molecule has 0 aliphatic rings. The van der Waals surface area contributed by atoms with E-state index < -0.39 is 0 Å². The fraction of sp³-hybridized carbons (Fsp3) is 0.0370. The van der Waals surface area contributed by atoms with E-state index in [1.165, 1.54) is 0 Å². The molecule has 0 saturated carbocycles. The Kier molecular flexibility index (Phi) is 4.81. The Balaban J connectivity index is 1.68. The quantitative estimate of drug-likeness (QED) is 0.411. The first kappa shape index (κ1) is 18.8. The van der Waals surface area contributed by atoms with Crippen molar-refractivity contribution in [3.63, 3.8) is 0 Å². The first-order valence-corrected chi connectivity index (χ1v) is 10.1. The Hall–Kier alpha value is -4.18. The Bertz CT molecular complexity index is 1460. The smallest absolute Gasteiger partial charge is 0.231 e. The lowest BCUT2D eigenvalue weighted by atomic mass is 9.97. The average Bonchev–Trinajstić information content (AvgIpc) is 2.80. The monoisotopic (exact) mass is 405 g/mol. The number of carbonyl (C=O) groups is 1. The molecule has 0 atom stereocenters. The molecule has 4 nitrogen and oxygen atoms in total. The van der Waals surface area contributed by atoms with Crippen LogP contribution in [0, 0.1) is 0 Å². The zero-order chi connectivity index (χ0) is 21.2. The van der Waals surface area contributed by atoms with Crippen molar-refractivity contribution >= 4 is 33.5 Å². The number of hydrogen-bond acceptors (Lipinski definition) is 3. The van der Waals surface area contributed by atoms with E-state index in [2.05, 4.69) is 5.32 Å². The summed E-state index contributed by atoms with van der Waals surface area (Å²) in [4.78, 5) is 26.3. The van der Waals surface area contributed by atoms with Crippen LogP contribution in [0.3, 0.4) is 0 Å². The lowest BCUT2D eigenvalue weighted by molar-refractivity contribution is -0.115. The van der Waals surface area contributed by atoms with Gasteiger partial charge in [0.05, 0.1) is 17.4 Å². The molecule has 150 valence electrons. The highest BCUT2D eigenvalue weighted by atomic mass is 16.4. The summed E-state index contributed by atoms with van der Waals surface area (Å²) in [5, 5.41) is 5.26. The predicted molar refractivity (Wildman–Crippen MR) is 124 cm³/mol. The van der Waals surface area contributed by atoms with Gasteiger partial charge in [0.2, 0.25) is 17.2 Å². The second-order valence-electron chi connectivity index (χ2n) is 7.37. The topological polar surface area (TPSA) is 59.3 Å². The van der Waals surface area contributed by atoms with E-state index in [-0.39, 0.29) is 23.6 Å². The standard InChI is InChI=1S/C27H19NO3/c29-24(17-18-9-2-1-3-10-18)28-27-25(26(30)22-14-6-7-16-23(22)31-27)21-15-8-12-19-11-4-5-13-20(19)21/h1-16H,17H2,(H,28,29). The molecule has 0 unspecified atom stereocenters. The third-order valence-corrected chi connectivity index (χ3v) is 5.32. The predicted octanol–water partition coefficient (Wildman–Crippen LogP) is 5.79. The molecular weight excluding hydrogens is 386 g/mol. The van der Waals surface area contributed by atoms with Crippen molar-refractivity contribution in [2.24, 2.45) is 0 Å². The van der Waals surface area contributed by atoms with E-state index in [9.17, 15) is 9.59 Å². The maximum atomic E-state index is 13.5. The third-order valence-electron chi connectivity index (χ3n) is 5.32. The van der Waals surface area contributed by atoms with Gasteiger partial charge in [0.15, 0.2) is 0 Å². The van der Waals surface area contributed by atoms with Gasteiger partial charge in [0.25, 0.3) is 0 Å². The van der Waals surface area contributed by atoms with Crippen LogP contribution >= 0.6 is 0 Å². The van der Waals surface area contributed by atoms with Crippen LogP contribution in [0.2, 0.25) is 0 Å². The minimum Gasteiger partial charge on any atom is -0.439 e. The lowest BCUT2D eigenvalue weighted by Crippen LogP contribution is -2.18. The molecule has 0 radical (unpaired) electrons. The summed E-state index contributed by atoms with van der Waals surface area (Å²) < 4.78 is 6.05. The van der Waals surface area contributed by atoms with Crippen LogP contribution in [0.25, 0.3) is 32.9 Å². The zero-order valence-corrected chi connectivity index (χ0v) is 16.7. The molecule has 0 spiro atoms. The fourth-order valence-corrected chi connectivity index (χ4v) is 3.87. The molecule has 4 aromatic carbocycles. The van der Waals surface area contributed by atoms with E-state index >= 15 is 0 Å². The Morgan fingerprint density at radius 1 is 0.742 bits per heavy atom. The number of para-hydroxylation sites is 1. The average molecular weight is 405 g/mol. The molecular formula is C27H19NO3. The fourth-order valence-electron chi connectivity index (χ4n) is 3.87. The number of amides is 1. The Morgan fingerprint density at radius 2 is 1.42 bits per heavy atom. The maximum absolute atomic E-state index is 13.5. The number of rotatable bonds is 4. The van der Waals surface area contributed by atoms with Gasteiger partial charge in [-0.05, 0) is 34.0 Å². The number of nitrogens with one attached hydrogen (secondary N) is 1. The molecule has 0 aliphatic heterocycles. The van der Waals surface area contributed by atoms with E-state index in [1.54, 1.807) is 24.3 Å². The molecule has 5 rings (SSSR count). The van der Waals surface area contributed by atoms with Crippen LogP contribution in [-0.4, -0.2) is 5.91 Å². The molecule has 0 fully saturated rings. The second kappa shape index (κ2) is 7.92. The SMILES string of the molecule is O=C(Cc1ccccc1)Nc1oc2ccccc2c(=O)c1-c1cccc2ccccc12. The summed E-state index contributed by atoms with van der Waals surface area (Å²) in [5.74, 6) is -0.0768. The van der Waals surface area contributed by atoms with Crippen LogP contribution in [0.1, 0.15) is 5.56 Å². The van der Waals surface area contributed by atoms with Crippen molar-refractivity contribution in [2.45, 2.75) is 6.42 Å². The van der Waals surface area contributed by atoms with Crippen LogP contribution in [0.5, 0.6) is 0 Å². The molecule has 0 saturated heterocycles. The summed E-state index contributed by atoms with van der Waals surface area (Å²) >= 11 is 0. The highest BCUT2D eigenvalue weighted by molar-refractivity contribution is 6.03. The van der Waals surface area contributed by atoms with Crippen LogP contribution in [0.4, 0.5) is 5.88 Å². The first-order chi connectivity index (χ1) is 15.2. The van der Waals surface area contributed by atoms with Gasteiger partial charge >= 0.3 is 0 Å². The van der Waals surface area contributed by atoms with Crippen LogP contribution in [-0.2, 0) is 11.2 Å². The molecule has 1 heterocycles. The number of benzene rings is 4. The zero-order valence-electron chi connectivity index (χ0n) is 16.7. The van der Waals surface area contributed by atoms with Crippen molar-refractivity contribution in [1.29, 1.82) is 0 Å². The maximum Gasteiger partial charge on any atom is 0.231 e. The minimum atomic E-state index is -0.244. The summed E-state index contributed by atoms with van der Waals surface area (Å²) in [6, 6.07) is 30.2. The van der Waals surface area contributed by atoms with Gasteiger partial charge in [-0.15, -0.1) is 0 Å². The van der Waals surface area contributed by atoms with Crippen molar-refractivity contribution in [1.82, 2.24) is 0 Å². The van der Waals surface area contributed by atoms with Gasteiger partial charge in [-0.1, -0.05) is 84.9 Å². The number of fused-ring (bicyclic) bond motifs is 2. The Morgan fingerprint density at radius 3 is 2.26 bits per heavy atom. The highest BCUT2D eigenvalue weighted by Gasteiger charge is 2.20. The number of anilines is 1. The molecule has 0 aliphatic carbocycles. The van der Waals surface area contributed by atoms with Crippen LogP contribution in [0.15, 0.2) is 106 Å². The van der Waals surface area contributed by atoms with Gasteiger partial charge < -0.3 is 4.42 Å². The summed E-state index contributed by atoms with van der Waals surface area (Å²) in [5.41, 5.74) is 2.24. The van der Waals surface area contributed by atoms with E-state index in [0.29, 0.717) is 16.5 Å². The van der Waals surface area contributed by atoms with E-state index in [0.717, 1.165) is 21.9 Å². The van der Waals surface area contributed by atoms with Crippen molar-refractivity contribution in [2.75, 3.05) is 5.32 Å². The summed E-state index contributed by atoms with van der Waals surface area (Å²) in [6.45, 7) is 0. The molecule has 4 heteroatoms. The molecule has 1 amide bonds. The molecule has 0 bridgehead atoms. The van der Waals surface area contributed by atoms with Crippen LogP contribution < -0.4 is 10.7 Å². The summed E-state index contributed by atoms with van der Waals surface area (Å²) in [7, 11) is 0. The normalized spacial score (nSPS) is 11.0. The molecule has 31 heavy (non-hydrogen) atoms. The Labute approximate surface area is 178 Å². The van der Waals surface area contributed by atoms with E-state index in [4.69, 9.17) is 4.42 Å². The second-order valence-corrected chi connectivity index (χ2v) is 7.37. The van der Waals surface area contributed by atoms with Gasteiger partial charge in [-0.25, -0.2) is 0 Å². The van der Waals surface area contributed by atoms with Gasteiger partial charge in [0, 0.05) is 0 Å². The first-order valence-electron chi connectivity index (χ1n) is 10.1. The van der Waals surface area contributed by atoms with Crippen molar-refractivity contribution < 1.29 is 9.21 Å². The minimum absolute atomic E-state index is 0.168.